The van der Waals surface area contributed by atoms with Crippen molar-refractivity contribution >= 4 is 0 Å². The average molecular weight is 206 g/mol. The maximum atomic E-state index is 5.20. The molecule has 0 bridgehead atoms. The Labute approximate surface area is 90.9 Å². The molecule has 2 rings (SSSR count). The summed E-state index contributed by atoms with van der Waals surface area (Å²) in [5, 5.41) is 3.44. The Morgan fingerprint density at radius 1 is 1.47 bits per heavy atom. The predicted octanol–water partition coefficient (Wildman–Crippen LogP) is 1.52. The first-order valence-electron chi connectivity index (χ1n) is 5.38. The number of ether oxygens (including phenoxy) is 1. The molecule has 0 spiro atoms. The Morgan fingerprint density at radius 2 is 2.27 bits per heavy atom. The Balaban J connectivity index is 1.76. The van der Waals surface area contributed by atoms with Gasteiger partial charge in [0.05, 0.1) is 13.2 Å². The highest BCUT2D eigenvalue weighted by Crippen LogP contribution is 2.25. The van der Waals surface area contributed by atoms with Crippen molar-refractivity contribution in [1.29, 1.82) is 0 Å². The fraction of sp³-hybridized carbons (Fsp3) is 0.583. The first kappa shape index (κ1) is 10.6. The van der Waals surface area contributed by atoms with Crippen molar-refractivity contribution in [1.82, 2.24) is 10.3 Å². The Kier molecular flexibility index (Phi) is 3.03. The molecule has 3 heteroatoms. The number of aryl methyl sites for hydroxylation is 1. The van der Waals surface area contributed by atoms with Crippen molar-refractivity contribution in [2.75, 3.05) is 19.8 Å². The minimum Gasteiger partial charge on any atom is -0.380 e. The van der Waals surface area contributed by atoms with Crippen molar-refractivity contribution in [2.45, 2.75) is 20.4 Å². The SMILES string of the molecule is Cc1ccc(CNCC2(C)COC2)cn1. The molecule has 0 amide bonds. The maximum absolute atomic E-state index is 5.20. The second-order valence-corrected chi connectivity index (χ2v) is 4.71. The quantitative estimate of drug-likeness (QED) is 0.811. The van der Waals surface area contributed by atoms with Gasteiger partial charge in [0.2, 0.25) is 0 Å². The van der Waals surface area contributed by atoms with Gasteiger partial charge in [0.25, 0.3) is 0 Å². The Bertz CT molecular complexity index is 317. The number of nitrogens with one attached hydrogen (secondary N) is 1. The molecule has 0 atom stereocenters. The summed E-state index contributed by atoms with van der Waals surface area (Å²) in [5.41, 5.74) is 2.65. The monoisotopic (exact) mass is 206 g/mol. The molecule has 2 heterocycles. The summed E-state index contributed by atoms with van der Waals surface area (Å²) < 4.78 is 5.20. The molecular weight excluding hydrogens is 188 g/mol. The van der Waals surface area contributed by atoms with E-state index >= 15 is 0 Å². The molecule has 1 aromatic rings. The molecule has 0 saturated carbocycles. The molecule has 1 N–H and O–H groups in total. The van der Waals surface area contributed by atoms with Gasteiger partial charge in [-0.3, -0.25) is 4.98 Å². The number of aromatic nitrogens is 1. The smallest absolute Gasteiger partial charge is 0.0554 e. The van der Waals surface area contributed by atoms with Gasteiger partial charge >= 0.3 is 0 Å². The van der Waals surface area contributed by atoms with Crippen LogP contribution < -0.4 is 5.32 Å². The molecule has 15 heavy (non-hydrogen) atoms. The van der Waals surface area contributed by atoms with E-state index in [1.807, 2.05) is 19.2 Å². The Hall–Kier alpha value is -0.930. The lowest BCUT2D eigenvalue weighted by atomic mass is 9.89. The number of hydrogen-bond donors (Lipinski definition) is 1. The van der Waals surface area contributed by atoms with Crippen LogP contribution in [0.2, 0.25) is 0 Å². The summed E-state index contributed by atoms with van der Waals surface area (Å²) in [6.45, 7) is 7.92. The molecule has 0 aromatic carbocycles. The molecule has 1 aromatic heterocycles. The van der Waals surface area contributed by atoms with Gasteiger partial charge in [-0.1, -0.05) is 13.0 Å². The summed E-state index contributed by atoms with van der Waals surface area (Å²) in [4.78, 5) is 4.26. The van der Waals surface area contributed by atoms with Crippen LogP contribution in [-0.2, 0) is 11.3 Å². The van der Waals surface area contributed by atoms with Crippen LogP contribution in [0.4, 0.5) is 0 Å². The van der Waals surface area contributed by atoms with Crippen LogP contribution in [0.3, 0.4) is 0 Å². The third kappa shape index (κ3) is 2.76. The van der Waals surface area contributed by atoms with Gasteiger partial charge in [0.1, 0.15) is 0 Å². The van der Waals surface area contributed by atoms with Crippen LogP contribution in [0.1, 0.15) is 18.2 Å². The molecule has 0 aliphatic carbocycles. The fourth-order valence-electron chi connectivity index (χ4n) is 1.66. The van der Waals surface area contributed by atoms with Gasteiger partial charge in [-0.25, -0.2) is 0 Å². The van der Waals surface area contributed by atoms with E-state index in [4.69, 9.17) is 4.74 Å². The number of rotatable bonds is 4. The van der Waals surface area contributed by atoms with Crippen molar-refractivity contribution in [3.8, 4) is 0 Å². The van der Waals surface area contributed by atoms with E-state index in [0.29, 0.717) is 5.41 Å². The maximum Gasteiger partial charge on any atom is 0.0554 e. The average Bonchev–Trinajstić information content (AvgIpc) is 2.19. The Morgan fingerprint density at radius 3 is 2.80 bits per heavy atom. The lowest BCUT2D eigenvalue weighted by Gasteiger charge is -2.38. The van der Waals surface area contributed by atoms with Crippen molar-refractivity contribution < 1.29 is 4.74 Å². The highest BCUT2D eigenvalue weighted by Gasteiger charge is 2.32. The molecule has 1 aliphatic rings. The second-order valence-electron chi connectivity index (χ2n) is 4.71. The largest absolute Gasteiger partial charge is 0.380 e. The third-order valence-electron chi connectivity index (χ3n) is 2.75. The fourth-order valence-corrected chi connectivity index (χ4v) is 1.66. The first-order chi connectivity index (χ1) is 7.18. The third-order valence-corrected chi connectivity index (χ3v) is 2.75. The summed E-state index contributed by atoms with van der Waals surface area (Å²) in [6, 6.07) is 4.17. The number of hydrogen-bond acceptors (Lipinski definition) is 3. The second kappa shape index (κ2) is 4.29. The van der Waals surface area contributed by atoms with Crippen molar-refractivity contribution in [3.63, 3.8) is 0 Å². The van der Waals surface area contributed by atoms with Gasteiger partial charge in [-0.2, -0.15) is 0 Å². The van der Waals surface area contributed by atoms with Crippen LogP contribution in [0.25, 0.3) is 0 Å². The molecule has 1 fully saturated rings. The zero-order valence-corrected chi connectivity index (χ0v) is 9.42. The van der Waals surface area contributed by atoms with Gasteiger partial charge in [0, 0.05) is 30.4 Å². The lowest BCUT2D eigenvalue weighted by Crippen LogP contribution is -2.47. The van der Waals surface area contributed by atoms with E-state index in [2.05, 4.69) is 23.3 Å². The highest BCUT2D eigenvalue weighted by atomic mass is 16.5. The predicted molar refractivity (Wildman–Crippen MR) is 59.6 cm³/mol. The van der Waals surface area contributed by atoms with Crippen LogP contribution in [0.5, 0.6) is 0 Å². The molecular formula is C12H18N2O. The van der Waals surface area contributed by atoms with E-state index in [-0.39, 0.29) is 0 Å². The van der Waals surface area contributed by atoms with E-state index in [1.54, 1.807) is 0 Å². The van der Waals surface area contributed by atoms with E-state index in [0.717, 1.165) is 32.0 Å². The van der Waals surface area contributed by atoms with Gasteiger partial charge in [-0.15, -0.1) is 0 Å². The van der Waals surface area contributed by atoms with Crippen molar-refractivity contribution in [3.05, 3.63) is 29.6 Å². The summed E-state index contributed by atoms with van der Waals surface area (Å²) >= 11 is 0. The summed E-state index contributed by atoms with van der Waals surface area (Å²) in [5.74, 6) is 0. The van der Waals surface area contributed by atoms with Gasteiger partial charge < -0.3 is 10.1 Å². The molecule has 0 unspecified atom stereocenters. The normalized spacial score (nSPS) is 18.5. The topological polar surface area (TPSA) is 34.1 Å². The lowest BCUT2D eigenvalue weighted by molar-refractivity contribution is -0.0991. The number of pyridine rings is 1. The van der Waals surface area contributed by atoms with Crippen LogP contribution in [0.15, 0.2) is 18.3 Å². The minimum atomic E-state index is 0.345. The van der Waals surface area contributed by atoms with Crippen LogP contribution in [0, 0.1) is 12.3 Å². The number of nitrogens with zero attached hydrogens (tertiary/aromatic N) is 1. The van der Waals surface area contributed by atoms with Gasteiger partial charge in [-0.05, 0) is 18.6 Å². The van der Waals surface area contributed by atoms with Crippen LogP contribution in [-0.4, -0.2) is 24.7 Å². The highest BCUT2D eigenvalue weighted by molar-refractivity contribution is 5.12. The molecule has 1 aliphatic heterocycles. The molecule has 3 nitrogen and oxygen atoms in total. The van der Waals surface area contributed by atoms with E-state index in [1.165, 1.54) is 5.56 Å². The van der Waals surface area contributed by atoms with E-state index < -0.39 is 0 Å². The summed E-state index contributed by atoms with van der Waals surface area (Å²) in [7, 11) is 0. The zero-order chi connectivity index (χ0) is 10.7. The molecule has 0 radical (unpaired) electrons. The molecule has 1 saturated heterocycles. The van der Waals surface area contributed by atoms with Crippen molar-refractivity contribution in [2.24, 2.45) is 5.41 Å². The standard InChI is InChI=1S/C12H18N2O/c1-10-3-4-11(6-14-10)5-13-7-12(2)8-15-9-12/h3-4,6,13H,5,7-9H2,1-2H3. The van der Waals surface area contributed by atoms with Crippen LogP contribution >= 0.6 is 0 Å². The zero-order valence-electron chi connectivity index (χ0n) is 9.42. The summed E-state index contributed by atoms with van der Waals surface area (Å²) in [6.07, 6.45) is 1.93. The minimum absolute atomic E-state index is 0.345. The first-order valence-corrected chi connectivity index (χ1v) is 5.38. The molecule has 82 valence electrons. The van der Waals surface area contributed by atoms with Gasteiger partial charge in [0.15, 0.2) is 0 Å². The van der Waals surface area contributed by atoms with E-state index in [9.17, 15) is 0 Å².